The van der Waals surface area contributed by atoms with Crippen LogP contribution in [0.5, 0.6) is 0 Å². The number of rotatable bonds is 13. The molecule has 6 aliphatic rings. The van der Waals surface area contributed by atoms with Crippen molar-refractivity contribution in [3.63, 3.8) is 0 Å². The highest BCUT2D eigenvalue weighted by Gasteiger charge is 2.68. The summed E-state index contributed by atoms with van der Waals surface area (Å²) in [5.41, 5.74) is -2.72. The fourth-order valence-electron chi connectivity index (χ4n) is 11.2. The molecule has 2 heterocycles. The Morgan fingerprint density at radius 2 is 1.29 bits per heavy atom. The average molecular weight is 889 g/mol. The van der Waals surface area contributed by atoms with Gasteiger partial charge >= 0.3 is 29.8 Å². The lowest BCUT2D eigenvalue weighted by Gasteiger charge is -2.56. The summed E-state index contributed by atoms with van der Waals surface area (Å²) in [6.07, 6.45) is -3.11. The highest BCUT2D eigenvalue weighted by Crippen LogP contribution is 2.66. The molecule has 0 aromatic heterocycles. The van der Waals surface area contributed by atoms with Gasteiger partial charge in [-0.3, -0.25) is 38.4 Å². The van der Waals surface area contributed by atoms with E-state index in [-0.39, 0.29) is 36.2 Å². The number of Topliss-reactive ketones (excluding diaryl/α,β-unsaturated/α-hetero) is 2. The molecule has 1 N–H and O–H groups in total. The summed E-state index contributed by atoms with van der Waals surface area (Å²) in [6, 6.07) is 0. The van der Waals surface area contributed by atoms with E-state index in [4.69, 9.17) is 42.6 Å². The van der Waals surface area contributed by atoms with E-state index in [2.05, 4.69) is 0 Å². The van der Waals surface area contributed by atoms with Crippen molar-refractivity contribution in [3.8, 4) is 0 Å². The maximum absolute atomic E-state index is 14.3. The van der Waals surface area contributed by atoms with E-state index in [1.807, 2.05) is 13.0 Å². The van der Waals surface area contributed by atoms with Crippen molar-refractivity contribution < 1.29 is 86.1 Å². The summed E-state index contributed by atoms with van der Waals surface area (Å²) in [7, 11) is 0. The molecule has 63 heavy (non-hydrogen) atoms. The molecule has 0 amide bonds. The van der Waals surface area contributed by atoms with Crippen LogP contribution in [0.4, 0.5) is 0 Å². The number of allylic oxidation sites excluding steroid dienone is 4. The molecule has 5 fully saturated rings. The van der Waals surface area contributed by atoms with E-state index in [0.717, 1.165) is 19.4 Å². The average Bonchev–Trinajstić information content (AvgIpc) is 3.46. The Bertz CT molecular complexity index is 1920. The Balaban J connectivity index is 1.23. The molecule has 6 rings (SSSR count). The summed E-state index contributed by atoms with van der Waals surface area (Å²) in [5, 5.41) is 12.4. The summed E-state index contributed by atoms with van der Waals surface area (Å²) < 4.78 is 52.7. The van der Waals surface area contributed by atoms with Crippen LogP contribution in [-0.2, 0) is 81.0 Å². The molecule has 0 aromatic carbocycles. The van der Waals surface area contributed by atoms with Gasteiger partial charge in [-0.2, -0.15) is 0 Å². The lowest BCUT2D eigenvalue weighted by Crippen LogP contribution is -2.63. The maximum atomic E-state index is 14.3. The first-order valence-electron chi connectivity index (χ1n) is 21.6. The highest BCUT2D eigenvalue weighted by atomic mass is 16.7. The highest BCUT2D eigenvalue weighted by molar-refractivity contribution is 6.02. The second kappa shape index (κ2) is 18.6. The van der Waals surface area contributed by atoms with E-state index in [1.54, 1.807) is 26.8 Å². The van der Waals surface area contributed by atoms with Gasteiger partial charge in [-0.1, -0.05) is 39.3 Å². The van der Waals surface area contributed by atoms with Gasteiger partial charge in [-0.15, -0.1) is 0 Å². The molecule has 7 unspecified atom stereocenters. The summed E-state index contributed by atoms with van der Waals surface area (Å²) in [4.78, 5) is 102. The number of hydrogen-bond acceptors (Lipinski definition) is 18. The number of aliphatic hydroxyl groups is 1. The van der Waals surface area contributed by atoms with Crippen molar-refractivity contribution in [2.24, 2.45) is 40.4 Å². The zero-order valence-electron chi connectivity index (χ0n) is 37.3. The fourth-order valence-corrected chi connectivity index (χ4v) is 11.2. The Morgan fingerprint density at radius 1 is 0.746 bits per heavy atom. The van der Waals surface area contributed by atoms with E-state index in [0.29, 0.717) is 19.3 Å². The van der Waals surface area contributed by atoms with Crippen LogP contribution in [0.15, 0.2) is 23.8 Å². The maximum Gasteiger partial charge on any atom is 0.303 e. The molecule has 2 saturated heterocycles. The molecule has 2 aliphatic heterocycles. The fraction of sp³-hybridized carbons (Fsp3) is 0.733. The number of carbonyl (C=O) groups is 8. The van der Waals surface area contributed by atoms with Gasteiger partial charge in [0.15, 0.2) is 30.3 Å². The largest absolute Gasteiger partial charge is 0.463 e. The minimum atomic E-state index is -1.93. The molecule has 18 heteroatoms. The van der Waals surface area contributed by atoms with Crippen molar-refractivity contribution in [2.45, 2.75) is 149 Å². The van der Waals surface area contributed by atoms with Crippen LogP contribution in [0.1, 0.15) is 94.4 Å². The van der Waals surface area contributed by atoms with Crippen LogP contribution in [-0.4, -0.2) is 127 Å². The first kappa shape index (κ1) is 48.1. The van der Waals surface area contributed by atoms with Gasteiger partial charge in [0, 0.05) is 69.6 Å². The molecule has 16 atom stereocenters. The molecular formula is C45H60O18. The van der Waals surface area contributed by atoms with Gasteiger partial charge in [-0.05, 0) is 49.7 Å². The molecule has 3 saturated carbocycles. The monoisotopic (exact) mass is 888 g/mol. The Labute approximate surface area is 365 Å². The summed E-state index contributed by atoms with van der Waals surface area (Å²) in [5.74, 6) is -6.77. The van der Waals surface area contributed by atoms with Crippen LogP contribution in [0.3, 0.4) is 0 Å². The van der Waals surface area contributed by atoms with Crippen molar-refractivity contribution in [1.82, 2.24) is 0 Å². The van der Waals surface area contributed by atoms with E-state index in [1.165, 1.54) is 26.8 Å². The predicted molar refractivity (Wildman–Crippen MR) is 213 cm³/mol. The van der Waals surface area contributed by atoms with Crippen LogP contribution >= 0.6 is 0 Å². The number of hydrogen-bond donors (Lipinski definition) is 1. The molecule has 18 nitrogen and oxygen atoms in total. The van der Waals surface area contributed by atoms with Crippen molar-refractivity contribution in [1.29, 1.82) is 0 Å². The van der Waals surface area contributed by atoms with E-state index >= 15 is 0 Å². The minimum Gasteiger partial charge on any atom is -0.463 e. The van der Waals surface area contributed by atoms with Gasteiger partial charge < -0.3 is 47.7 Å². The van der Waals surface area contributed by atoms with Gasteiger partial charge in [0.1, 0.15) is 61.7 Å². The van der Waals surface area contributed by atoms with Crippen molar-refractivity contribution in [2.75, 3.05) is 19.8 Å². The van der Waals surface area contributed by atoms with Gasteiger partial charge in [-0.25, -0.2) is 0 Å². The van der Waals surface area contributed by atoms with Crippen molar-refractivity contribution in [3.05, 3.63) is 23.8 Å². The van der Waals surface area contributed by atoms with Crippen LogP contribution in [0.2, 0.25) is 0 Å². The Morgan fingerprint density at radius 3 is 1.87 bits per heavy atom. The third-order valence-corrected chi connectivity index (χ3v) is 14.2. The van der Waals surface area contributed by atoms with Crippen LogP contribution < -0.4 is 0 Å². The predicted octanol–water partition coefficient (Wildman–Crippen LogP) is 2.82. The second-order valence-corrected chi connectivity index (χ2v) is 18.4. The first-order valence-corrected chi connectivity index (χ1v) is 21.6. The lowest BCUT2D eigenvalue weighted by atomic mass is 9.46. The molecule has 0 radical (unpaired) electrons. The SMILES string of the molecule is CC(=O)OCC1O[C@@H](O[C@@H]2C(COC(C)=O)O[C@@H](OCC(=O)[C@@]3(O)CCC4C5CCC6=CC(=O)C=C[C@]6(C)C5C(=O)C[C@@]43C)C(C)[C@H]2OC(C)=O)C(C)[C@@H](OC(C)=O)[C@@H]1OC(C)=O. The molecule has 348 valence electrons. The van der Waals surface area contributed by atoms with Gasteiger partial charge in [0.2, 0.25) is 0 Å². The molecule has 4 aliphatic carbocycles. The summed E-state index contributed by atoms with van der Waals surface area (Å²) >= 11 is 0. The number of carbonyl (C=O) groups excluding carboxylic acids is 8. The zero-order chi connectivity index (χ0) is 46.3. The number of ether oxygens (including phenoxy) is 9. The molecule has 0 spiro atoms. The third kappa shape index (κ3) is 9.42. The molecule has 0 bridgehead atoms. The number of fused-ring (bicyclic) bond motifs is 5. The smallest absolute Gasteiger partial charge is 0.303 e. The number of esters is 5. The minimum absolute atomic E-state index is 0.0383. The standard InChI is InChI=1S/C45H60O18/c1-21-37(58-25(5)48)40(63-42-22(2)38(59-26(6)49)39(60-27(7)50)33(62-42)18-55-23(3)46)34(19-56-24(4)47)61-41(21)57-20-35(53)45(54)15-13-31-30-11-10-28-16-29(51)12-14-43(28,8)36(30)32(52)17-44(31,45)9/h12,14,16,21-22,30-31,33-34,36-42,54H,10-11,13,15,17-20H2,1-9H3/t21?,22?,30?,31?,33?,34?,36?,37-,38-,39-,40-,41-,42+,43+,44+,45+/m1/s1. The molecular weight excluding hydrogens is 828 g/mol. The van der Waals surface area contributed by atoms with Crippen LogP contribution in [0, 0.1) is 40.4 Å². The summed E-state index contributed by atoms with van der Waals surface area (Å²) in [6.45, 7) is 11.3. The van der Waals surface area contributed by atoms with E-state index in [9.17, 15) is 43.5 Å². The van der Waals surface area contributed by atoms with Gasteiger partial charge in [0.05, 0.1) is 0 Å². The normalized spacial score (nSPS) is 40.6. The van der Waals surface area contributed by atoms with Gasteiger partial charge in [0.25, 0.3) is 0 Å². The topological polar surface area (TPSA) is 240 Å². The molecule has 0 aromatic rings. The quantitative estimate of drug-likeness (QED) is 0.207. The van der Waals surface area contributed by atoms with Crippen molar-refractivity contribution >= 4 is 47.2 Å². The first-order chi connectivity index (χ1) is 29.5. The van der Waals surface area contributed by atoms with E-state index < -0.39 is 139 Å². The Kier molecular flexibility index (Phi) is 14.2. The second-order valence-electron chi connectivity index (χ2n) is 18.4. The lowest BCUT2D eigenvalue weighted by molar-refractivity contribution is -0.345. The Hall–Kier alpha value is -4.36. The van der Waals surface area contributed by atoms with Crippen LogP contribution in [0.25, 0.3) is 0 Å². The zero-order valence-corrected chi connectivity index (χ0v) is 37.3. The number of ketones is 3. The third-order valence-electron chi connectivity index (χ3n) is 14.2.